The lowest BCUT2D eigenvalue weighted by Crippen LogP contribution is -2.37. The molecule has 2 saturated heterocycles. The van der Waals surface area contributed by atoms with Crippen LogP contribution in [0.3, 0.4) is 0 Å². The molecule has 4 rings (SSSR count). The van der Waals surface area contributed by atoms with Crippen molar-refractivity contribution in [2.75, 3.05) is 13.2 Å². The standard InChI is InChI=1S/C20H19ClN2O4S/c21-13-3-1-4-14(9-13)26-12-17-7-6-15(27-17)10-18-19(24)23(20(28)22-18)11-16-5-2-8-25-16/h1,3-4,6-7,9-10,16H,2,5,8,11-12H2,(H,22,28)/b18-10+. The summed E-state index contributed by atoms with van der Waals surface area (Å²) >= 11 is 11.2. The first-order chi connectivity index (χ1) is 13.6. The molecule has 1 aromatic heterocycles. The lowest BCUT2D eigenvalue weighted by atomic mass is 10.2. The second-order valence-electron chi connectivity index (χ2n) is 6.59. The Balaban J connectivity index is 1.39. The van der Waals surface area contributed by atoms with Crippen LogP contribution in [0.2, 0.25) is 5.02 Å². The van der Waals surface area contributed by atoms with Crippen LogP contribution in [0.25, 0.3) is 6.08 Å². The number of halogens is 1. The van der Waals surface area contributed by atoms with Crippen LogP contribution >= 0.6 is 23.8 Å². The van der Waals surface area contributed by atoms with Crippen molar-refractivity contribution in [3.8, 4) is 5.75 Å². The lowest BCUT2D eigenvalue weighted by Gasteiger charge is -2.18. The van der Waals surface area contributed by atoms with Gasteiger partial charge in [-0.2, -0.15) is 0 Å². The van der Waals surface area contributed by atoms with E-state index in [1.54, 1.807) is 35.2 Å². The van der Waals surface area contributed by atoms with Gasteiger partial charge >= 0.3 is 0 Å². The van der Waals surface area contributed by atoms with Crippen molar-refractivity contribution < 1.29 is 18.7 Å². The van der Waals surface area contributed by atoms with Crippen LogP contribution in [0.4, 0.5) is 0 Å². The van der Waals surface area contributed by atoms with Gasteiger partial charge in [0.15, 0.2) is 5.11 Å². The van der Waals surface area contributed by atoms with E-state index in [0.717, 1.165) is 19.4 Å². The fourth-order valence-corrected chi connectivity index (χ4v) is 3.58. The largest absolute Gasteiger partial charge is 0.486 e. The van der Waals surface area contributed by atoms with E-state index in [1.165, 1.54) is 0 Å². The van der Waals surface area contributed by atoms with Crippen LogP contribution < -0.4 is 10.1 Å². The maximum atomic E-state index is 12.6. The Morgan fingerprint density at radius 2 is 2.25 bits per heavy atom. The summed E-state index contributed by atoms with van der Waals surface area (Å²) in [7, 11) is 0. The summed E-state index contributed by atoms with van der Waals surface area (Å²) < 4.78 is 17.0. The van der Waals surface area contributed by atoms with Crippen LogP contribution in [0.1, 0.15) is 24.4 Å². The molecule has 8 heteroatoms. The van der Waals surface area contributed by atoms with Gasteiger partial charge in [0, 0.05) is 17.7 Å². The van der Waals surface area contributed by atoms with E-state index < -0.39 is 0 Å². The van der Waals surface area contributed by atoms with Gasteiger partial charge in [0.25, 0.3) is 5.91 Å². The van der Waals surface area contributed by atoms with E-state index in [4.69, 9.17) is 37.7 Å². The van der Waals surface area contributed by atoms with Crippen molar-refractivity contribution in [2.45, 2.75) is 25.6 Å². The minimum atomic E-state index is -0.173. The summed E-state index contributed by atoms with van der Waals surface area (Å²) in [4.78, 5) is 14.2. The Morgan fingerprint density at radius 3 is 3.04 bits per heavy atom. The Hall–Kier alpha value is -2.35. The maximum Gasteiger partial charge on any atom is 0.276 e. The number of rotatable bonds is 6. The summed E-state index contributed by atoms with van der Waals surface area (Å²) in [5.74, 6) is 1.67. The number of benzene rings is 1. The molecule has 1 N–H and O–H groups in total. The summed E-state index contributed by atoms with van der Waals surface area (Å²) in [6.45, 7) is 1.47. The third kappa shape index (κ3) is 4.38. The van der Waals surface area contributed by atoms with Crippen LogP contribution in [-0.4, -0.2) is 35.2 Å². The smallest absolute Gasteiger partial charge is 0.276 e. The van der Waals surface area contributed by atoms with Gasteiger partial charge in [-0.1, -0.05) is 17.7 Å². The quantitative estimate of drug-likeness (QED) is 0.569. The molecule has 1 amide bonds. The molecule has 1 unspecified atom stereocenters. The van der Waals surface area contributed by atoms with E-state index in [-0.39, 0.29) is 18.6 Å². The minimum Gasteiger partial charge on any atom is -0.486 e. The highest BCUT2D eigenvalue weighted by molar-refractivity contribution is 7.80. The first kappa shape index (κ1) is 19.0. The number of amides is 1. The molecule has 0 aliphatic carbocycles. The zero-order chi connectivity index (χ0) is 19.5. The van der Waals surface area contributed by atoms with Gasteiger partial charge in [0.1, 0.15) is 29.6 Å². The predicted octanol–water partition coefficient (Wildman–Crippen LogP) is 3.75. The average molecular weight is 419 g/mol. The normalized spacial score (nSPS) is 20.8. The molecule has 0 bridgehead atoms. The van der Waals surface area contributed by atoms with Crippen molar-refractivity contribution in [3.05, 3.63) is 58.6 Å². The lowest BCUT2D eigenvalue weighted by molar-refractivity contribution is -0.123. The number of nitrogens with one attached hydrogen (secondary N) is 1. The Bertz CT molecular complexity index is 920. The van der Waals surface area contributed by atoms with E-state index >= 15 is 0 Å². The van der Waals surface area contributed by atoms with Crippen LogP contribution in [0.15, 0.2) is 46.5 Å². The molecule has 6 nitrogen and oxygen atoms in total. The molecule has 146 valence electrons. The summed E-state index contributed by atoms with van der Waals surface area (Å²) in [5.41, 5.74) is 0.389. The van der Waals surface area contributed by atoms with Crippen LogP contribution in [-0.2, 0) is 16.1 Å². The molecule has 2 aromatic rings. The number of hydrogen-bond acceptors (Lipinski definition) is 5. The SMILES string of the molecule is O=C1/C(=C\c2ccc(COc3cccc(Cl)c3)o2)NC(=S)N1CC1CCCO1. The molecule has 1 aromatic carbocycles. The van der Waals surface area contributed by atoms with Crippen molar-refractivity contribution in [2.24, 2.45) is 0 Å². The third-order valence-corrected chi connectivity index (χ3v) is 5.08. The highest BCUT2D eigenvalue weighted by Crippen LogP contribution is 2.21. The van der Waals surface area contributed by atoms with Crippen molar-refractivity contribution in [1.82, 2.24) is 10.2 Å². The molecule has 1 atom stereocenters. The van der Waals surface area contributed by atoms with E-state index in [2.05, 4.69) is 5.32 Å². The molecule has 2 aliphatic rings. The van der Waals surface area contributed by atoms with Gasteiger partial charge in [-0.25, -0.2) is 0 Å². The molecule has 0 spiro atoms. The Kier molecular flexibility index (Phi) is 5.66. The fourth-order valence-electron chi connectivity index (χ4n) is 3.13. The number of ether oxygens (including phenoxy) is 2. The second kappa shape index (κ2) is 8.34. The van der Waals surface area contributed by atoms with Crippen LogP contribution in [0.5, 0.6) is 5.75 Å². The number of nitrogens with zero attached hydrogens (tertiary/aromatic N) is 1. The monoisotopic (exact) mass is 418 g/mol. The van der Waals surface area contributed by atoms with Gasteiger partial charge in [0.05, 0.1) is 12.6 Å². The van der Waals surface area contributed by atoms with E-state index in [1.807, 2.05) is 12.1 Å². The van der Waals surface area contributed by atoms with Gasteiger partial charge in [-0.15, -0.1) is 0 Å². The van der Waals surface area contributed by atoms with Gasteiger partial charge < -0.3 is 19.2 Å². The van der Waals surface area contributed by atoms with Crippen molar-refractivity contribution in [3.63, 3.8) is 0 Å². The molecular weight excluding hydrogens is 400 g/mol. The maximum absolute atomic E-state index is 12.6. The predicted molar refractivity (Wildman–Crippen MR) is 109 cm³/mol. The zero-order valence-corrected chi connectivity index (χ0v) is 16.6. The highest BCUT2D eigenvalue weighted by atomic mass is 35.5. The van der Waals surface area contributed by atoms with Crippen molar-refractivity contribution >= 4 is 40.9 Å². The molecular formula is C20H19ClN2O4S. The summed E-state index contributed by atoms with van der Waals surface area (Å²) in [5, 5.41) is 3.96. The fraction of sp³-hybridized carbons (Fsp3) is 0.300. The van der Waals surface area contributed by atoms with E-state index in [9.17, 15) is 4.79 Å². The van der Waals surface area contributed by atoms with Gasteiger partial charge in [-0.3, -0.25) is 9.69 Å². The third-order valence-electron chi connectivity index (χ3n) is 4.52. The van der Waals surface area contributed by atoms with Gasteiger partial charge in [0.2, 0.25) is 0 Å². The first-order valence-electron chi connectivity index (χ1n) is 9.02. The number of carbonyl (C=O) groups excluding carboxylic acids is 1. The summed E-state index contributed by atoms with van der Waals surface area (Å²) in [6, 6.07) is 10.7. The Morgan fingerprint density at radius 1 is 1.36 bits per heavy atom. The zero-order valence-electron chi connectivity index (χ0n) is 15.0. The van der Waals surface area contributed by atoms with Crippen LogP contribution in [0, 0.1) is 0 Å². The van der Waals surface area contributed by atoms with Gasteiger partial charge in [-0.05, 0) is 55.4 Å². The molecule has 3 heterocycles. The molecule has 2 fully saturated rings. The molecule has 0 radical (unpaired) electrons. The summed E-state index contributed by atoms with van der Waals surface area (Å²) in [6.07, 6.45) is 3.65. The number of thiocarbonyl (C=S) groups is 1. The molecule has 28 heavy (non-hydrogen) atoms. The Labute approximate surface area is 173 Å². The minimum absolute atomic E-state index is 0.0434. The number of hydrogen-bond donors (Lipinski definition) is 1. The first-order valence-corrected chi connectivity index (χ1v) is 9.80. The van der Waals surface area contributed by atoms with Crippen molar-refractivity contribution in [1.29, 1.82) is 0 Å². The molecule has 2 aliphatic heterocycles. The second-order valence-corrected chi connectivity index (χ2v) is 7.41. The van der Waals surface area contributed by atoms with E-state index in [0.29, 0.717) is 39.6 Å². The molecule has 0 saturated carbocycles. The number of furan rings is 1. The highest BCUT2D eigenvalue weighted by Gasteiger charge is 2.33. The number of carbonyl (C=O) groups is 1. The topological polar surface area (TPSA) is 63.9 Å². The average Bonchev–Trinajstić information content (AvgIpc) is 3.40.